The molecule has 4 nitrogen and oxygen atoms in total. The van der Waals surface area contributed by atoms with Gasteiger partial charge in [-0.1, -0.05) is 45.9 Å². The summed E-state index contributed by atoms with van der Waals surface area (Å²) in [5, 5.41) is 0. The number of methoxy groups -OCH3 is 1. The van der Waals surface area contributed by atoms with Gasteiger partial charge in [-0.15, -0.1) is 0 Å². The van der Waals surface area contributed by atoms with Crippen molar-refractivity contribution in [2.45, 2.75) is 46.6 Å². The Morgan fingerprint density at radius 3 is 2.65 bits per heavy atom. The van der Waals surface area contributed by atoms with Gasteiger partial charge in [-0.3, -0.25) is 4.79 Å². The standard InChI is InChI=1S/C19H30N2O2/c1-18(2,12-14-8-6-7-9-15(14)23-5)17(22)21-11-10-16(20)19(3,4)13-21/h6-9,16H,10-13,20H2,1-5H3. The number of ether oxygens (including phenoxy) is 1. The highest BCUT2D eigenvalue weighted by Gasteiger charge is 2.40. The van der Waals surface area contributed by atoms with Gasteiger partial charge in [0.1, 0.15) is 5.75 Å². The second-order valence-electron chi connectivity index (χ2n) is 7.98. The summed E-state index contributed by atoms with van der Waals surface area (Å²) in [5.74, 6) is 1.04. The highest BCUT2D eigenvalue weighted by Crippen LogP contribution is 2.33. The van der Waals surface area contributed by atoms with E-state index >= 15 is 0 Å². The lowest BCUT2D eigenvalue weighted by atomic mass is 9.77. The summed E-state index contributed by atoms with van der Waals surface area (Å²) in [6, 6.07) is 8.07. The summed E-state index contributed by atoms with van der Waals surface area (Å²) in [7, 11) is 1.67. The maximum atomic E-state index is 13.1. The van der Waals surface area contributed by atoms with E-state index in [-0.39, 0.29) is 17.4 Å². The van der Waals surface area contributed by atoms with Crippen LogP contribution in [0.2, 0.25) is 0 Å². The van der Waals surface area contributed by atoms with E-state index in [0.717, 1.165) is 30.8 Å². The van der Waals surface area contributed by atoms with Crippen LogP contribution in [0.4, 0.5) is 0 Å². The number of benzene rings is 1. The molecule has 1 heterocycles. The number of hydrogen-bond acceptors (Lipinski definition) is 3. The van der Waals surface area contributed by atoms with Gasteiger partial charge in [0.2, 0.25) is 5.91 Å². The molecule has 1 aliphatic rings. The molecule has 1 aromatic carbocycles. The van der Waals surface area contributed by atoms with Crippen molar-refractivity contribution in [1.82, 2.24) is 4.90 Å². The van der Waals surface area contributed by atoms with Crippen LogP contribution in [-0.2, 0) is 11.2 Å². The summed E-state index contributed by atoms with van der Waals surface area (Å²) in [6.07, 6.45) is 1.53. The number of para-hydroxylation sites is 1. The summed E-state index contributed by atoms with van der Waals surface area (Å²) in [5.41, 5.74) is 6.76. The molecule has 1 atom stereocenters. The first kappa shape index (κ1) is 17.8. The summed E-state index contributed by atoms with van der Waals surface area (Å²) in [4.78, 5) is 15.0. The Balaban J connectivity index is 2.14. The van der Waals surface area contributed by atoms with Gasteiger partial charge in [0, 0.05) is 24.5 Å². The number of nitrogens with two attached hydrogens (primary N) is 1. The Morgan fingerprint density at radius 1 is 1.39 bits per heavy atom. The van der Waals surface area contributed by atoms with Crippen LogP contribution >= 0.6 is 0 Å². The fourth-order valence-electron chi connectivity index (χ4n) is 3.38. The van der Waals surface area contributed by atoms with Crippen LogP contribution in [0, 0.1) is 10.8 Å². The van der Waals surface area contributed by atoms with Crippen LogP contribution in [0.1, 0.15) is 39.7 Å². The first-order chi connectivity index (χ1) is 10.7. The molecule has 0 radical (unpaired) electrons. The van der Waals surface area contributed by atoms with Gasteiger partial charge < -0.3 is 15.4 Å². The summed E-state index contributed by atoms with van der Waals surface area (Å²) < 4.78 is 5.42. The largest absolute Gasteiger partial charge is 0.496 e. The third-order valence-corrected chi connectivity index (χ3v) is 5.00. The molecule has 1 aromatic rings. The average molecular weight is 318 g/mol. The van der Waals surface area contributed by atoms with Crippen LogP contribution in [0.3, 0.4) is 0 Å². The van der Waals surface area contributed by atoms with Gasteiger partial charge in [0.05, 0.1) is 7.11 Å². The van der Waals surface area contributed by atoms with Crippen LogP contribution in [-0.4, -0.2) is 37.0 Å². The fraction of sp³-hybridized carbons (Fsp3) is 0.632. The number of piperidine rings is 1. The predicted octanol–water partition coefficient (Wildman–Crippen LogP) is 2.85. The first-order valence-electron chi connectivity index (χ1n) is 8.34. The lowest BCUT2D eigenvalue weighted by Gasteiger charge is -2.45. The van der Waals surface area contributed by atoms with Crippen molar-refractivity contribution in [2.75, 3.05) is 20.2 Å². The SMILES string of the molecule is COc1ccccc1CC(C)(C)C(=O)N1CCC(N)C(C)(C)C1. The molecule has 0 aliphatic carbocycles. The minimum Gasteiger partial charge on any atom is -0.496 e. The van der Waals surface area contributed by atoms with Crippen LogP contribution < -0.4 is 10.5 Å². The molecular formula is C19H30N2O2. The first-order valence-corrected chi connectivity index (χ1v) is 8.34. The van der Waals surface area contributed by atoms with Crippen molar-refractivity contribution in [1.29, 1.82) is 0 Å². The molecule has 0 aromatic heterocycles. The maximum Gasteiger partial charge on any atom is 0.228 e. The highest BCUT2D eigenvalue weighted by molar-refractivity contribution is 5.82. The van der Waals surface area contributed by atoms with Crippen LogP contribution in [0.5, 0.6) is 5.75 Å². The monoisotopic (exact) mass is 318 g/mol. The van der Waals surface area contributed by atoms with Gasteiger partial charge in [-0.05, 0) is 29.9 Å². The Kier molecular flexibility index (Phi) is 5.04. The zero-order valence-electron chi connectivity index (χ0n) is 15.1. The van der Waals surface area contributed by atoms with Crippen molar-refractivity contribution in [3.63, 3.8) is 0 Å². The summed E-state index contributed by atoms with van der Waals surface area (Å²) >= 11 is 0. The van der Waals surface area contributed by atoms with Crippen molar-refractivity contribution in [3.8, 4) is 5.75 Å². The number of likely N-dealkylation sites (tertiary alicyclic amines) is 1. The van der Waals surface area contributed by atoms with Crippen molar-refractivity contribution in [3.05, 3.63) is 29.8 Å². The van der Waals surface area contributed by atoms with Crippen molar-refractivity contribution < 1.29 is 9.53 Å². The lowest BCUT2D eigenvalue weighted by Crippen LogP contribution is -2.56. The zero-order chi connectivity index (χ0) is 17.3. The fourth-order valence-corrected chi connectivity index (χ4v) is 3.38. The molecule has 1 fully saturated rings. The molecule has 0 bridgehead atoms. The molecule has 1 unspecified atom stereocenters. The van der Waals surface area contributed by atoms with Crippen LogP contribution in [0.15, 0.2) is 24.3 Å². The topological polar surface area (TPSA) is 55.6 Å². The molecule has 0 saturated carbocycles. The lowest BCUT2D eigenvalue weighted by molar-refractivity contribution is -0.143. The molecule has 4 heteroatoms. The normalized spacial score (nSPS) is 21.1. The molecule has 23 heavy (non-hydrogen) atoms. The Hall–Kier alpha value is -1.55. The van der Waals surface area contributed by atoms with E-state index in [9.17, 15) is 4.79 Å². The van der Waals surface area contributed by atoms with E-state index in [0.29, 0.717) is 6.42 Å². The Bertz CT molecular complexity index is 566. The number of amides is 1. The van der Waals surface area contributed by atoms with Gasteiger partial charge in [-0.25, -0.2) is 0 Å². The van der Waals surface area contributed by atoms with Gasteiger partial charge in [-0.2, -0.15) is 0 Å². The van der Waals surface area contributed by atoms with Gasteiger partial charge >= 0.3 is 0 Å². The number of nitrogens with zero attached hydrogens (tertiary/aromatic N) is 1. The van der Waals surface area contributed by atoms with Crippen LogP contribution in [0.25, 0.3) is 0 Å². The van der Waals surface area contributed by atoms with Crippen molar-refractivity contribution in [2.24, 2.45) is 16.6 Å². The summed E-state index contributed by atoms with van der Waals surface area (Å²) in [6.45, 7) is 9.79. The Labute approximate surface area is 140 Å². The molecule has 0 spiro atoms. The number of carbonyl (C=O) groups is 1. The van der Waals surface area contributed by atoms with E-state index in [1.54, 1.807) is 7.11 Å². The molecule has 2 N–H and O–H groups in total. The van der Waals surface area contributed by atoms with E-state index < -0.39 is 5.41 Å². The second-order valence-corrected chi connectivity index (χ2v) is 7.98. The van der Waals surface area contributed by atoms with E-state index in [1.165, 1.54) is 0 Å². The third kappa shape index (κ3) is 3.86. The van der Waals surface area contributed by atoms with Gasteiger partial charge in [0.15, 0.2) is 0 Å². The van der Waals surface area contributed by atoms with E-state index in [2.05, 4.69) is 13.8 Å². The average Bonchev–Trinajstić information content (AvgIpc) is 2.49. The predicted molar refractivity (Wildman–Crippen MR) is 93.4 cm³/mol. The van der Waals surface area contributed by atoms with E-state index in [4.69, 9.17) is 10.5 Å². The quantitative estimate of drug-likeness (QED) is 0.929. The highest BCUT2D eigenvalue weighted by atomic mass is 16.5. The molecule has 128 valence electrons. The second kappa shape index (κ2) is 6.52. The molecule has 2 rings (SSSR count). The third-order valence-electron chi connectivity index (χ3n) is 5.00. The minimum absolute atomic E-state index is 0.0333. The number of hydrogen-bond donors (Lipinski definition) is 1. The zero-order valence-corrected chi connectivity index (χ0v) is 15.1. The smallest absolute Gasteiger partial charge is 0.228 e. The van der Waals surface area contributed by atoms with Crippen molar-refractivity contribution >= 4 is 5.91 Å². The Morgan fingerprint density at radius 2 is 2.04 bits per heavy atom. The van der Waals surface area contributed by atoms with Gasteiger partial charge in [0.25, 0.3) is 0 Å². The van der Waals surface area contributed by atoms with E-state index in [1.807, 2.05) is 43.0 Å². The number of rotatable bonds is 4. The number of carbonyl (C=O) groups excluding carboxylic acids is 1. The minimum atomic E-state index is -0.466. The molecule has 1 amide bonds. The molecule has 1 aliphatic heterocycles. The molecule has 1 saturated heterocycles. The maximum absolute atomic E-state index is 13.1. The molecular weight excluding hydrogens is 288 g/mol.